The Balaban J connectivity index is 2.04. The van der Waals surface area contributed by atoms with E-state index in [2.05, 4.69) is 10.6 Å². The molecule has 108 valence electrons. The van der Waals surface area contributed by atoms with Crippen LogP contribution in [0.1, 0.15) is 10.4 Å². The van der Waals surface area contributed by atoms with Crippen LogP contribution >= 0.6 is 35.4 Å². The number of hydrogen-bond acceptors (Lipinski definition) is 3. The summed E-state index contributed by atoms with van der Waals surface area (Å²) in [6.45, 7) is 0. The Kier molecular flexibility index (Phi) is 5.01. The molecule has 0 unspecified atom stereocenters. The number of anilines is 1. The molecular formula is C14H10Cl2N2O2S. The van der Waals surface area contributed by atoms with Gasteiger partial charge in [-0.05, 0) is 42.5 Å². The number of para-hydroxylation sites is 2. The van der Waals surface area contributed by atoms with Gasteiger partial charge in [-0.15, -0.1) is 0 Å². The Bertz CT molecular complexity index is 707. The highest BCUT2D eigenvalue weighted by atomic mass is 35.5. The maximum Gasteiger partial charge on any atom is 0.257 e. The van der Waals surface area contributed by atoms with E-state index >= 15 is 0 Å². The van der Waals surface area contributed by atoms with Crippen LogP contribution in [-0.4, -0.2) is 16.1 Å². The molecular weight excluding hydrogens is 331 g/mol. The van der Waals surface area contributed by atoms with Gasteiger partial charge in [-0.25, -0.2) is 0 Å². The first-order valence-corrected chi connectivity index (χ1v) is 6.99. The van der Waals surface area contributed by atoms with E-state index in [0.717, 1.165) is 0 Å². The number of halogens is 2. The molecule has 0 saturated carbocycles. The fraction of sp³-hybridized carbons (Fsp3) is 0. The van der Waals surface area contributed by atoms with Crippen molar-refractivity contribution < 1.29 is 9.90 Å². The molecule has 0 fully saturated rings. The monoisotopic (exact) mass is 340 g/mol. The zero-order valence-corrected chi connectivity index (χ0v) is 12.9. The van der Waals surface area contributed by atoms with Crippen molar-refractivity contribution >= 4 is 52.1 Å². The van der Waals surface area contributed by atoms with E-state index < -0.39 is 5.91 Å². The first-order chi connectivity index (χ1) is 9.97. The van der Waals surface area contributed by atoms with Crippen LogP contribution in [0.2, 0.25) is 10.0 Å². The van der Waals surface area contributed by atoms with Crippen LogP contribution in [0.15, 0.2) is 42.5 Å². The topological polar surface area (TPSA) is 61.4 Å². The molecule has 0 heterocycles. The van der Waals surface area contributed by atoms with Gasteiger partial charge >= 0.3 is 0 Å². The zero-order chi connectivity index (χ0) is 15.4. The fourth-order valence-electron chi connectivity index (χ4n) is 1.55. The molecule has 4 nitrogen and oxygen atoms in total. The average molecular weight is 341 g/mol. The largest absolute Gasteiger partial charge is 0.506 e. The Morgan fingerprint density at radius 2 is 1.81 bits per heavy atom. The SMILES string of the molecule is O=C(NC(=S)Nc1ccccc1O)c1ccc(Cl)c(Cl)c1. The molecule has 0 atom stereocenters. The average Bonchev–Trinajstić information content (AvgIpc) is 2.44. The highest BCUT2D eigenvalue weighted by Gasteiger charge is 2.10. The highest BCUT2D eigenvalue weighted by molar-refractivity contribution is 7.80. The smallest absolute Gasteiger partial charge is 0.257 e. The maximum absolute atomic E-state index is 12.0. The number of benzene rings is 2. The van der Waals surface area contributed by atoms with E-state index in [-0.39, 0.29) is 15.9 Å². The lowest BCUT2D eigenvalue weighted by Gasteiger charge is -2.11. The molecule has 2 rings (SSSR count). The first kappa shape index (κ1) is 15.6. The number of carbonyl (C=O) groups excluding carboxylic acids is 1. The third-order valence-corrected chi connectivity index (χ3v) is 3.50. The van der Waals surface area contributed by atoms with Gasteiger partial charge < -0.3 is 10.4 Å². The molecule has 21 heavy (non-hydrogen) atoms. The van der Waals surface area contributed by atoms with Crippen molar-refractivity contribution in [3.8, 4) is 5.75 Å². The van der Waals surface area contributed by atoms with Crippen LogP contribution in [0.5, 0.6) is 5.75 Å². The van der Waals surface area contributed by atoms with E-state index in [1.165, 1.54) is 24.3 Å². The summed E-state index contributed by atoms with van der Waals surface area (Å²) in [6.07, 6.45) is 0. The second kappa shape index (κ2) is 6.76. The highest BCUT2D eigenvalue weighted by Crippen LogP contribution is 2.23. The number of rotatable bonds is 2. The van der Waals surface area contributed by atoms with Gasteiger partial charge in [0.2, 0.25) is 0 Å². The number of phenolic OH excluding ortho intramolecular Hbond substituents is 1. The van der Waals surface area contributed by atoms with Gasteiger partial charge in [0.05, 0.1) is 15.7 Å². The molecule has 0 radical (unpaired) electrons. The summed E-state index contributed by atoms with van der Waals surface area (Å²) in [5, 5.41) is 15.5. The quantitative estimate of drug-likeness (QED) is 0.574. The van der Waals surface area contributed by atoms with Crippen molar-refractivity contribution in [3.05, 3.63) is 58.1 Å². The number of thiocarbonyl (C=S) groups is 1. The predicted octanol–water partition coefficient (Wildman–Crippen LogP) is 3.83. The van der Waals surface area contributed by atoms with Gasteiger partial charge in [-0.1, -0.05) is 35.3 Å². The van der Waals surface area contributed by atoms with E-state index in [1.54, 1.807) is 18.2 Å². The maximum atomic E-state index is 12.0. The molecule has 0 aliphatic carbocycles. The standard InChI is InChI=1S/C14H10Cl2N2O2S/c15-9-6-5-8(7-10(9)16)13(20)18-14(21)17-11-3-1-2-4-12(11)19/h1-7,19H,(H2,17,18,20,21). The summed E-state index contributed by atoms with van der Waals surface area (Å²) >= 11 is 16.7. The molecule has 7 heteroatoms. The minimum Gasteiger partial charge on any atom is -0.506 e. The molecule has 3 N–H and O–H groups in total. The summed E-state index contributed by atoms with van der Waals surface area (Å²) < 4.78 is 0. The lowest BCUT2D eigenvalue weighted by Crippen LogP contribution is -2.34. The Hall–Kier alpha value is -1.82. The van der Waals surface area contributed by atoms with Crippen LogP contribution < -0.4 is 10.6 Å². The van der Waals surface area contributed by atoms with Crippen molar-refractivity contribution in [1.29, 1.82) is 0 Å². The number of aromatic hydroxyl groups is 1. The number of hydrogen-bond donors (Lipinski definition) is 3. The minimum absolute atomic E-state index is 0.0311. The summed E-state index contributed by atoms with van der Waals surface area (Å²) in [5.74, 6) is -0.398. The molecule has 0 aliphatic rings. The Labute approximate surface area is 136 Å². The summed E-state index contributed by atoms with van der Waals surface area (Å²) in [4.78, 5) is 12.0. The van der Waals surface area contributed by atoms with E-state index in [4.69, 9.17) is 35.4 Å². The number of nitrogens with one attached hydrogen (secondary N) is 2. The van der Waals surface area contributed by atoms with Gasteiger partial charge in [0, 0.05) is 5.56 Å². The minimum atomic E-state index is -0.429. The van der Waals surface area contributed by atoms with Gasteiger partial charge in [0.15, 0.2) is 5.11 Å². The van der Waals surface area contributed by atoms with Crippen molar-refractivity contribution in [2.75, 3.05) is 5.32 Å². The zero-order valence-electron chi connectivity index (χ0n) is 10.6. The summed E-state index contributed by atoms with van der Waals surface area (Å²) in [6, 6.07) is 11.0. The number of phenols is 1. The van der Waals surface area contributed by atoms with Crippen molar-refractivity contribution in [2.45, 2.75) is 0 Å². The molecule has 0 spiro atoms. The van der Waals surface area contributed by atoms with Gasteiger partial charge in [0.1, 0.15) is 5.75 Å². The van der Waals surface area contributed by atoms with E-state index in [0.29, 0.717) is 16.3 Å². The first-order valence-electron chi connectivity index (χ1n) is 5.83. The lowest BCUT2D eigenvalue weighted by molar-refractivity contribution is 0.0977. The number of carbonyl (C=O) groups is 1. The van der Waals surface area contributed by atoms with Crippen LogP contribution in [0.4, 0.5) is 5.69 Å². The third kappa shape index (κ3) is 4.07. The van der Waals surface area contributed by atoms with Gasteiger partial charge in [-0.2, -0.15) is 0 Å². The van der Waals surface area contributed by atoms with Crippen molar-refractivity contribution in [2.24, 2.45) is 0 Å². The second-order valence-corrected chi connectivity index (χ2v) is 5.28. The molecule has 1 amide bonds. The van der Waals surface area contributed by atoms with Crippen LogP contribution in [0, 0.1) is 0 Å². The van der Waals surface area contributed by atoms with E-state index in [1.807, 2.05) is 0 Å². The Morgan fingerprint density at radius 3 is 2.48 bits per heavy atom. The normalized spacial score (nSPS) is 10.0. The van der Waals surface area contributed by atoms with Crippen LogP contribution in [0.25, 0.3) is 0 Å². The van der Waals surface area contributed by atoms with Crippen molar-refractivity contribution in [3.63, 3.8) is 0 Å². The van der Waals surface area contributed by atoms with Crippen LogP contribution in [-0.2, 0) is 0 Å². The molecule has 0 aromatic heterocycles. The Morgan fingerprint density at radius 1 is 1.10 bits per heavy atom. The molecule has 2 aromatic rings. The van der Waals surface area contributed by atoms with Gasteiger partial charge in [0.25, 0.3) is 5.91 Å². The van der Waals surface area contributed by atoms with Gasteiger partial charge in [-0.3, -0.25) is 10.1 Å². The molecule has 0 aliphatic heterocycles. The second-order valence-electron chi connectivity index (χ2n) is 4.05. The lowest BCUT2D eigenvalue weighted by atomic mass is 10.2. The third-order valence-electron chi connectivity index (χ3n) is 2.56. The summed E-state index contributed by atoms with van der Waals surface area (Å²) in [5.41, 5.74) is 0.725. The van der Waals surface area contributed by atoms with Crippen molar-refractivity contribution in [1.82, 2.24) is 5.32 Å². The van der Waals surface area contributed by atoms with Crippen LogP contribution in [0.3, 0.4) is 0 Å². The summed E-state index contributed by atoms with van der Waals surface area (Å²) in [7, 11) is 0. The predicted molar refractivity (Wildman–Crippen MR) is 88.3 cm³/mol. The molecule has 0 saturated heterocycles. The molecule has 0 bridgehead atoms. The van der Waals surface area contributed by atoms with E-state index in [9.17, 15) is 9.90 Å². The fourth-order valence-corrected chi connectivity index (χ4v) is 2.05. The molecule has 2 aromatic carbocycles. The number of amides is 1.